The Morgan fingerprint density at radius 3 is 2.74 bits per heavy atom. The predicted molar refractivity (Wildman–Crippen MR) is 91.7 cm³/mol. The van der Waals surface area contributed by atoms with E-state index in [-0.39, 0.29) is 11.4 Å². The summed E-state index contributed by atoms with van der Waals surface area (Å²) in [5, 5.41) is 4.40. The fraction of sp³-hybridized carbons (Fsp3) is 0.471. The third kappa shape index (κ3) is 3.13. The van der Waals surface area contributed by atoms with Gasteiger partial charge in [0, 0.05) is 36.9 Å². The van der Waals surface area contributed by atoms with Gasteiger partial charge >= 0.3 is 0 Å². The Balaban J connectivity index is 1.85. The molecular weight excluding hydrogens is 317 g/mol. The number of nitrogens with zero attached hydrogens (tertiary/aromatic N) is 2. The third-order valence-corrected chi connectivity index (χ3v) is 5.11. The molecule has 1 N–H and O–H groups in total. The van der Waals surface area contributed by atoms with E-state index in [1.54, 1.807) is 12.1 Å². The number of hydrogen-bond acceptors (Lipinski definition) is 4. The van der Waals surface area contributed by atoms with Crippen LogP contribution in [0.4, 0.5) is 10.1 Å². The summed E-state index contributed by atoms with van der Waals surface area (Å²) in [7, 11) is 4.12. The Bertz CT molecular complexity index is 702. The molecule has 0 bridgehead atoms. The van der Waals surface area contributed by atoms with Crippen molar-refractivity contribution in [2.75, 3.05) is 39.2 Å². The molecule has 1 aromatic heterocycles. The summed E-state index contributed by atoms with van der Waals surface area (Å²) in [6, 6.07) is 5.20. The summed E-state index contributed by atoms with van der Waals surface area (Å²) >= 11 is 6.10. The van der Waals surface area contributed by atoms with Gasteiger partial charge in [0.2, 0.25) is 0 Å². The second-order valence-corrected chi connectivity index (χ2v) is 6.61. The standard InChI is InChI=1S/C17H21ClFN3O/c1-22(2)17(6-9-23-10-7-17)11-21-14-4-3-12-13(18)5-8-20-16(12)15(14)19/h3-5,8,21H,6-7,9-11H2,1-2H3. The highest BCUT2D eigenvalue weighted by Crippen LogP contribution is 2.30. The van der Waals surface area contributed by atoms with Gasteiger partial charge in [-0.3, -0.25) is 4.98 Å². The molecule has 6 heteroatoms. The van der Waals surface area contributed by atoms with Crippen LogP contribution in [0.15, 0.2) is 24.4 Å². The maximum atomic E-state index is 14.7. The lowest BCUT2D eigenvalue weighted by atomic mass is 9.88. The number of rotatable bonds is 4. The second-order valence-electron chi connectivity index (χ2n) is 6.20. The lowest BCUT2D eigenvalue weighted by Gasteiger charge is -2.43. The van der Waals surface area contributed by atoms with Crippen LogP contribution in [-0.2, 0) is 4.74 Å². The minimum absolute atomic E-state index is 0.0264. The molecule has 0 aliphatic carbocycles. The summed E-state index contributed by atoms with van der Waals surface area (Å²) in [4.78, 5) is 6.32. The largest absolute Gasteiger partial charge is 0.381 e. The molecule has 1 aliphatic heterocycles. The Hall–Kier alpha value is -1.43. The van der Waals surface area contributed by atoms with Crippen LogP contribution in [-0.4, -0.2) is 49.3 Å². The van der Waals surface area contributed by atoms with Gasteiger partial charge in [-0.25, -0.2) is 4.39 Å². The molecule has 23 heavy (non-hydrogen) atoms. The number of halogens is 2. The average Bonchev–Trinajstić information content (AvgIpc) is 2.56. The summed E-state index contributed by atoms with van der Waals surface area (Å²) in [6.07, 6.45) is 3.37. The highest BCUT2D eigenvalue weighted by atomic mass is 35.5. The minimum Gasteiger partial charge on any atom is -0.381 e. The van der Waals surface area contributed by atoms with Gasteiger partial charge in [0.1, 0.15) is 5.52 Å². The Labute approximate surface area is 140 Å². The maximum Gasteiger partial charge on any atom is 0.172 e. The molecule has 0 unspecified atom stereocenters. The zero-order chi connectivity index (χ0) is 16.4. The van der Waals surface area contributed by atoms with Crippen LogP contribution in [0.3, 0.4) is 0 Å². The molecule has 1 aliphatic rings. The monoisotopic (exact) mass is 337 g/mol. The van der Waals surface area contributed by atoms with Gasteiger partial charge in [-0.05, 0) is 45.1 Å². The van der Waals surface area contributed by atoms with Crippen molar-refractivity contribution in [3.63, 3.8) is 0 Å². The van der Waals surface area contributed by atoms with Crippen molar-refractivity contribution in [2.45, 2.75) is 18.4 Å². The van der Waals surface area contributed by atoms with Crippen LogP contribution in [0.5, 0.6) is 0 Å². The number of likely N-dealkylation sites (N-methyl/N-ethyl adjacent to an activating group) is 1. The summed E-state index contributed by atoms with van der Waals surface area (Å²) in [5.41, 5.74) is 0.731. The molecular formula is C17H21ClFN3O. The number of fused-ring (bicyclic) bond motifs is 1. The molecule has 1 aromatic carbocycles. The van der Waals surface area contributed by atoms with Crippen LogP contribution in [0.25, 0.3) is 10.9 Å². The van der Waals surface area contributed by atoms with Crippen molar-refractivity contribution in [1.82, 2.24) is 9.88 Å². The van der Waals surface area contributed by atoms with Crippen molar-refractivity contribution in [2.24, 2.45) is 0 Å². The molecule has 3 rings (SSSR count). The summed E-state index contributed by atoms with van der Waals surface area (Å²) < 4.78 is 20.2. The van der Waals surface area contributed by atoms with Gasteiger partial charge < -0.3 is 15.0 Å². The first-order chi connectivity index (χ1) is 11.0. The normalized spacial score (nSPS) is 17.6. The fourth-order valence-corrected chi connectivity index (χ4v) is 3.29. The maximum absolute atomic E-state index is 14.7. The zero-order valence-electron chi connectivity index (χ0n) is 13.4. The SMILES string of the molecule is CN(C)C1(CNc2ccc3c(Cl)ccnc3c2F)CCOCC1. The van der Waals surface area contributed by atoms with E-state index in [9.17, 15) is 4.39 Å². The number of anilines is 1. The van der Waals surface area contributed by atoms with E-state index >= 15 is 0 Å². The van der Waals surface area contributed by atoms with E-state index in [4.69, 9.17) is 16.3 Å². The minimum atomic E-state index is -0.356. The first kappa shape index (κ1) is 16.4. The van der Waals surface area contributed by atoms with Crippen molar-refractivity contribution < 1.29 is 9.13 Å². The number of aromatic nitrogens is 1. The molecule has 2 aromatic rings. The topological polar surface area (TPSA) is 37.4 Å². The molecule has 0 radical (unpaired) electrons. The average molecular weight is 338 g/mol. The number of hydrogen-bond donors (Lipinski definition) is 1. The zero-order valence-corrected chi connectivity index (χ0v) is 14.2. The number of nitrogens with one attached hydrogen (secondary N) is 1. The van der Waals surface area contributed by atoms with E-state index < -0.39 is 0 Å². The van der Waals surface area contributed by atoms with Crippen molar-refractivity contribution in [3.8, 4) is 0 Å². The third-order valence-electron chi connectivity index (χ3n) is 4.78. The molecule has 0 saturated carbocycles. The van der Waals surface area contributed by atoms with Crippen LogP contribution >= 0.6 is 11.6 Å². The smallest absolute Gasteiger partial charge is 0.172 e. The number of ether oxygens (including phenoxy) is 1. The number of pyridine rings is 1. The van der Waals surface area contributed by atoms with Gasteiger partial charge in [0.25, 0.3) is 0 Å². The lowest BCUT2D eigenvalue weighted by Crippen LogP contribution is -2.53. The lowest BCUT2D eigenvalue weighted by molar-refractivity contribution is -0.000651. The highest BCUT2D eigenvalue weighted by Gasteiger charge is 2.34. The van der Waals surface area contributed by atoms with Crippen molar-refractivity contribution >= 4 is 28.2 Å². The first-order valence-corrected chi connectivity index (χ1v) is 8.13. The second kappa shape index (κ2) is 6.59. The van der Waals surface area contributed by atoms with Gasteiger partial charge in [-0.2, -0.15) is 0 Å². The van der Waals surface area contributed by atoms with Crippen LogP contribution < -0.4 is 5.32 Å². The predicted octanol–water partition coefficient (Wildman–Crippen LogP) is 3.55. The van der Waals surface area contributed by atoms with Crippen LogP contribution in [0.1, 0.15) is 12.8 Å². The van der Waals surface area contributed by atoms with Crippen LogP contribution in [0.2, 0.25) is 5.02 Å². The molecule has 124 valence electrons. The molecule has 1 fully saturated rings. The van der Waals surface area contributed by atoms with Crippen molar-refractivity contribution in [3.05, 3.63) is 35.2 Å². The quantitative estimate of drug-likeness (QED) is 0.925. The summed E-state index contributed by atoms with van der Waals surface area (Å²) in [5.74, 6) is -0.356. The molecule has 1 saturated heterocycles. The van der Waals surface area contributed by atoms with E-state index in [0.717, 1.165) is 26.1 Å². The Morgan fingerprint density at radius 2 is 2.04 bits per heavy atom. The molecule has 4 nitrogen and oxygen atoms in total. The Kier molecular flexibility index (Phi) is 4.71. The van der Waals surface area contributed by atoms with Gasteiger partial charge in [-0.1, -0.05) is 11.6 Å². The van der Waals surface area contributed by atoms with E-state index in [0.29, 0.717) is 28.2 Å². The fourth-order valence-electron chi connectivity index (χ4n) is 3.08. The van der Waals surface area contributed by atoms with E-state index in [1.165, 1.54) is 6.20 Å². The molecule has 0 spiro atoms. The van der Waals surface area contributed by atoms with Gasteiger partial charge in [0.05, 0.1) is 10.7 Å². The van der Waals surface area contributed by atoms with Crippen LogP contribution in [0, 0.1) is 5.82 Å². The molecule has 0 atom stereocenters. The summed E-state index contributed by atoms with van der Waals surface area (Å²) in [6.45, 7) is 2.13. The van der Waals surface area contributed by atoms with Gasteiger partial charge in [0.15, 0.2) is 5.82 Å². The highest BCUT2D eigenvalue weighted by molar-refractivity contribution is 6.35. The van der Waals surface area contributed by atoms with E-state index in [2.05, 4.69) is 29.3 Å². The van der Waals surface area contributed by atoms with E-state index in [1.807, 2.05) is 6.07 Å². The molecule has 2 heterocycles. The number of benzene rings is 1. The molecule has 0 amide bonds. The Morgan fingerprint density at radius 1 is 1.30 bits per heavy atom. The van der Waals surface area contributed by atoms with Gasteiger partial charge in [-0.15, -0.1) is 0 Å². The first-order valence-electron chi connectivity index (χ1n) is 7.75. The van der Waals surface area contributed by atoms with Crippen molar-refractivity contribution in [1.29, 1.82) is 0 Å².